The summed E-state index contributed by atoms with van der Waals surface area (Å²) in [5, 5.41) is 11.9. The van der Waals surface area contributed by atoms with Crippen LogP contribution in [0.5, 0.6) is 0 Å². The maximum absolute atomic E-state index is 11.9. The normalized spacial score (nSPS) is 22.5. The van der Waals surface area contributed by atoms with Gasteiger partial charge < -0.3 is 4.90 Å². The van der Waals surface area contributed by atoms with Crippen molar-refractivity contribution in [2.24, 2.45) is 5.92 Å². The molecule has 1 aliphatic heterocycles. The van der Waals surface area contributed by atoms with Crippen molar-refractivity contribution >= 4 is 33.1 Å². The number of nitrogens with zero attached hydrogens (tertiary/aromatic N) is 3. The third-order valence-electron chi connectivity index (χ3n) is 3.86. The fraction of sp³-hybridized carbons (Fsp3) is 0.400. The molecule has 2 unspecified atom stereocenters. The smallest absolute Gasteiger partial charge is 0.295 e. The number of aromatic nitrogens is 1. The number of non-ortho nitro benzene ring substituents is 1. The number of hydrogen-bond acceptors (Lipinski definition) is 5. The van der Waals surface area contributed by atoms with Crippen molar-refractivity contribution in [2.45, 2.75) is 6.92 Å². The van der Waals surface area contributed by atoms with Crippen molar-refractivity contribution in [2.75, 3.05) is 29.5 Å². The highest BCUT2D eigenvalue weighted by molar-refractivity contribution is 7.85. The predicted molar refractivity (Wildman–Crippen MR) is 87.7 cm³/mol. The van der Waals surface area contributed by atoms with Crippen molar-refractivity contribution in [3.05, 3.63) is 40.6 Å². The second-order valence-electron chi connectivity index (χ2n) is 5.62. The van der Waals surface area contributed by atoms with Crippen LogP contribution in [-0.2, 0) is 10.8 Å². The molecule has 1 saturated heterocycles. The van der Waals surface area contributed by atoms with Gasteiger partial charge in [-0.1, -0.05) is 19.1 Å². The Morgan fingerprint density at radius 2 is 2.23 bits per heavy atom. The Morgan fingerprint density at radius 1 is 1.41 bits per heavy atom. The highest BCUT2D eigenvalue weighted by atomic mass is 32.2. The van der Waals surface area contributed by atoms with E-state index < -0.39 is 15.7 Å². The van der Waals surface area contributed by atoms with Crippen LogP contribution in [0.4, 0.5) is 11.4 Å². The molecule has 22 heavy (non-hydrogen) atoms. The molecule has 7 heteroatoms. The van der Waals surface area contributed by atoms with Crippen LogP contribution >= 0.6 is 0 Å². The van der Waals surface area contributed by atoms with E-state index in [9.17, 15) is 14.3 Å². The lowest BCUT2D eigenvalue weighted by atomic mass is 10.1. The van der Waals surface area contributed by atoms with Gasteiger partial charge in [0.25, 0.3) is 5.69 Å². The number of benzene rings is 1. The molecule has 1 aliphatic rings. The van der Waals surface area contributed by atoms with Gasteiger partial charge in [0.15, 0.2) is 0 Å². The molecule has 2 aromatic rings. The molecular formula is C15H17N3O3S. The first-order valence-corrected chi connectivity index (χ1v) is 8.67. The fourth-order valence-corrected chi connectivity index (χ4v) is 4.25. The molecule has 116 valence electrons. The quantitative estimate of drug-likeness (QED) is 0.627. The number of nitro groups is 1. The Bertz CT molecular complexity index is 750. The Labute approximate surface area is 130 Å². The van der Waals surface area contributed by atoms with Crippen LogP contribution in [0.2, 0.25) is 0 Å². The van der Waals surface area contributed by atoms with Gasteiger partial charge >= 0.3 is 0 Å². The average Bonchev–Trinajstić information content (AvgIpc) is 2.66. The van der Waals surface area contributed by atoms with Gasteiger partial charge in [-0.2, -0.15) is 0 Å². The number of para-hydroxylation sites is 1. The van der Waals surface area contributed by atoms with Crippen molar-refractivity contribution < 1.29 is 9.13 Å². The Kier molecular flexibility index (Phi) is 4.06. The van der Waals surface area contributed by atoms with E-state index in [2.05, 4.69) is 16.8 Å². The van der Waals surface area contributed by atoms with E-state index >= 15 is 0 Å². The lowest BCUT2D eigenvalue weighted by Gasteiger charge is -2.25. The number of hydrogen-bond donors (Lipinski definition) is 0. The van der Waals surface area contributed by atoms with Crippen LogP contribution < -0.4 is 4.90 Å². The van der Waals surface area contributed by atoms with E-state index in [0.29, 0.717) is 29.5 Å². The van der Waals surface area contributed by atoms with Gasteiger partial charge in [-0.15, -0.1) is 0 Å². The first kappa shape index (κ1) is 14.9. The van der Waals surface area contributed by atoms with Gasteiger partial charge in [-0.25, -0.2) is 4.98 Å². The molecule has 1 aromatic carbocycles. The molecule has 1 aromatic heterocycles. The van der Waals surface area contributed by atoms with Crippen LogP contribution in [0.15, 0.2) is 30.5 Å². The SMILES string of the molecule is CC1CN(c2ccnc3c([N+](=O)[O-])cccc23)CCS(=O)C1. The highest BCUT2D eigenvalue weighted by Crippen LogP contribution is 2.31. The van der Waals surface area contributed by atoms with E-state index in [1.807, 2.05) is 12.1 Å². The van der Waals surface area contributed by atoms with Gasteiger partial charge in [0.1, 0.15) is 5.52 Å². The summed E-state index contributed by atoms with van der Waals surface area (Å²) in [6, 6.07) is 6.90. The van der Waals surface area contributed by atoms with Crippen molar-refractivity contribution in [3.63, 3.8) is 0 Å². The summed E-state index contributed by atoms with van der Waals surface area (Å²) in [6.45, 7) is 3.58. The molecule has 6 nitrogen and oxygen atoms in total. The average molecular weight is 319 g/mol. The first-order valence-electron chi connectivity index (χ1n) is 7.18. The molecule has 2 atom stereocenters. The van der Waals surface area contributed by atoms with E-state index in [1.54, 1.807) is 12.3 Å². The second-order valence-corrected chi connectivity index (χ2v) is 7.24. The van der Waals surface area contributed by atoms with E-state index in [1.165, 1.54) is 6.07 Å². The minimum atomic E-state index is -0.793. The molecule has 3 rings (SSSR count). The maximum atomic E-state index is 11.9. The Balaban J connectivity index is 2.09. The first-order chi connectivity index (χ1) is 10.6. The number of anilines is 1. The molecule has 0 bridgehead atoms. The zero-order valence-electron chi connectivity index (χ0n) is 12.3. The minimum Gasteiger partial charge on any atom is -0.370 e. The van der Waals surface area contributed by atoms with E-state index in [-0.39, 0.29) is 5.69 Å². The number of fused-ring (bicyclic) bond motifs is 1. The lowest BCUT2D eigenvalue weighted by Crippen LogP contribution is -2.29. The van der Waals surface area contributed by atoms with Gasteiger partial charge in [-0.05, 0) is 12.0 Å². The Hall–Kier alpha value is -2.02. The summed E-state index contributed by atoms with van der Waals surface area (Å²) in [4.78, 5) is 17.1. The van der Waals surface area contributed by atoms with Crippen LogP contribution in [0.1, 0.15) is 6.92 Å². The summed E-state index contributed by atoms with van der Waals surface area (Å²) in [7, 11) is -0.793. The Morgan fingerprint density at radius 3 is 3.00 bits per heavy atom. The van der Waals surface area contributed by atoms with Gasteiger partial charge in [0.2, 0.25) is 0 Å². The number of pyridine rings is 1. The van der Waals surface area contributed by atoms with Gasteiger partial charge in [-0.3, -0.25) is 14.3 Å². The number of nitro benzene ring substituents is 1. The molecule has 0 saturated carbocycles. The van der Waals surface area contributed by atoms with Crippen molar-refractivity contribution in [1.82, 2.24) is 4.98 Å². The van der Waals surface area contributed by atoms with Crippen LogP contribution in [0.25, 0.3) is 10.9 Å². The monoisotopic (exact) mass is 319 g/mol. The van der Waals surface area contributed by atoms with E-state index in [0.717, 1.165) is 17.6 Å². The van der Waals surface area contributed by atoms with Gasteiger partial charge in [0.05, 0.1) is 4.92 Å². The van der Waals surface area contributed by atoms with Crippen LogP contribution in [-0.4, -0.2) is 38.7 Å². The van der Waals surface area contributed by atoms with Crippen LogP contribution in [0, 0.1) is 16.0 Å². The predicted octanol–water partition coefficient (Wildman–Crippen LogP) is 2.35. The lowest BCUT2D eigenvalue weighted by molar-refractivity contribution is -0.383. The summed E-state index contributed by atoms with van der Waals surface area (Å²) in [6.07, 6.45) is 1.61. The number of rotatable bonds is 2. The summed E-state index contributed by atoms with van der Waals surface area (Å²) < 4.78 is 11.9. The molecule has 0 N–H and O–H groups in total. The highest BCUT2D eigenvalue weighted by Gasteiger charge is 2.22. The molecule has 0 amide bonds. The third kappa shape index (κ3) is 2.81. The second kappa shape index (κ2) is 6.00. The molecule has 0 radical (unpaired) electrons. The zero-order valence-corrected chi connectivity index (χ0v) is 13.1. The van der Waals surface area contributed by atoms with E-state index in [4.69, 9.17) is 0 Å². The maximum Gasteiger partial charge on any atom is 0.295 e. The molecule has 1 fully saturated rings. The molecular weight excluding hydrogens is 302 g/mol. The van der Waals surface area contributed by atoms with Crippen molar-refractivity contribution in [1.29, 1.82) is 0 Å². The fourth-order valence-electron chi connectivity index (χ4n) is 2.92. The summed E-state index contributed by atoms with van der Waals surface area (Å²) >= 11 is 0. The summed E-state index contributed by atoms with van der Waals surface area (Å²) in [5.74, 6) is 1.66. The van der Waals surface area contributed by atoms with Crippen LogP contribution in [0.3, 0.4) is 0 Å². The van der Waals surface area contributed by atoms with Crippen molar-refractivity contribution in [3.8, 4) is 0 Å². The molecule has 0 aliphatic carbocycles. The standard InChI is InChI=1S/C15H17N3O3S/c1-11-9-17(7-8-22(21)10-11)13-5-6-16-15-12(13)3-2-4-14(15)18(19)20/h2-6,11H,7-10H2,1H3. The minimum absolute atomic E-state index is 0.0193. The summed E-state index contributed by atoms with van der Waals surface area (Å²) in [5.41, 5.74) is 1.35. The van der Waals surface area contributed by atoms with Gasteiger partial charge in [0, 0.05) is 58.7 Å². The largest absolute Gasteiger partial charge is 0.370 e. The zero-order chi connectivity index (χ0) is 15.7. The molecule has 0 spiro atoms. The third-order valence-corrected chi connectivity index (χ3v) is 5.43. The topological polar surface area (TPSA) is 76.3 Å². The molecule has 2 heterocycles.